The Bertz CT molecular complexity index is 1010. The minimum atomic E-state index is -3.94. The van der Waals surface area contributed by atoms with Crippen molar-refractivity contribution in [1.29, 1.82) is 0 Å². The minimum Gasteiger partial charge on any atom is -0.439 e. The van der Waals surface area contributed by atoms with Crippen LogP contribution in [0.5, 0.6) is 11.6 Å². The van der Waals surface area contributed by atoms with Crippen LogP contribution < -0.4 is 20.1 Å². The van der Waals surface area contributed by atoms with Crippen LogP contribution in [0.1, 0.15) is 13.8 Å². The second-order valence-corrected chi connectivity index (χ2v) is 8.49. The molecule has 11 heteroatoms. The van der Waals surface area contributed by atoms with Crippen LogP contribution in [0.3, 0.4) is 0 Å². The number of nitrogens with one attached hydrogen (secondary N) is 3. The first-order valence-electron chi connectivity index (χ1n) is 8.15. The van der Waals surface area contributed by atoms with E-state index in [1.807, 2.05) is 0 Å². The van der Waals surface area contributed by atoms with E-state index in [-0.39, 0.29) is 4.90 Å². The first-order chi connectivity index (χ1) is 13.1. The van der Waals surface area contributed by atoms with Crippen LogP contribution in [0.15, 0.2) is 47.5 Å². The van der Waals surface area contributed by atoms with Gasteiger partial charge in [0.1, 0.15) is 11.3 Å². The summed E-state index contributed by atoms with van der Waals surface area (Å²) in [6.07, 6.45) is 1.43. The van der Waals surface area contributed by atoms with Gasteiger partial charge in [0, 0.05) is 12.3 Å². The number of halogens is 1. The molecule has 1 saturated heterocycles. The van der Waals surface area contributed by atoms with Gasteiger partial charge in [0.25, 0.3) is 5.91 Å². The highest BCUT2D eigenvalue weighted by Gasteiger charge is 2.47. The zero-order valence-corrected chi connectivity index (χ0v) is 16.5. The molecule has 1 aliphatic heterocycles. The number of hydrogen-bond donors (Lipinski definition) is 3. The van der Waals surface area contributed by atoms with Crippen LogP contribution >= 0.6 is 11.6 Å². The van der Waals surface area contributed by atoms with Crippen molar-refractivity contribution in [3.63, 3.8) is 0 Å². The summed E-state index contributed by atoms with van der Waals surface area (Å²) in [7, 11) is -3.94. The topological polar surface area (TPSA) is 126 Å². The van der Waals surface area contributed by atoms with E-state index in [4.69, 9.17) is 16.3 Å². The van der Waals surface area contributed by atoms with E-state index in [0.717, 1.165) is 0 Å². The summed E-state index contributed by atoms with van der Waals surface area (Å²) in [6, 6.07) is 7.30. The van der Waals surface area contributed by atoms with Crippen molar-refractivity contribution in [3.8, 4) is 11.6 Å². The van der Waals surface area contributed by atoms with Crippen molar-refractivity contribution < 1.29 is 22.7 Å². The smallest absolute Gasteiger partial charge is 0.322 e. The van der Waals surface area contributed by atoms with Gasteiger partial charge in [-0.15, -0.1) is 0 Å². The van der Waals surface area contributed by atoms with Gasteiger partial charge in [-0.25, -0.2) is 22.9 Å². The normalized spacial score (nSPS) is 20.4. The third kappa shape index (κ3) is 4.08. The molecular formula is C17H17ClN4O5S. The molecule has 3 amide bonds. The lowest BCUT2D eigenvalue weighted by atomic mass is 9.95. The first-order valence-corrected chi connectivity index (χ1v) is 10.0. The third-order valence-corrected chi connectivity index (χ3v) is 6.11. The van der Waals surface area contributed by atoms with E-state index in [2.05, 4.69) is 20.3 Å². The zero-order valence-electron chi connectivity index (χ0n) is 14.9. The molecule has 1 aromatic heterocycles. The monoisotopic (exact) mass is 424 g/mol. The Morgan fingerprint density at radius 2 is 1.86 bits per heavy atom. The Kier molecular flexibility index (Phi) is 5.28. The highest BCUT2D eigenvalue weighted by molar-refractivity contribution is 7.89. The van der Waals surface area contributed by atoms with Crippen LogP contribution in [-0.2, 0) is 14.8 Å². The molecule has 2 atom stereocenters. The molecule has 0 aliphatic carbocycles. The first kappa shape index (κ1) is 20.1. The summed E-state index contributed by atoms with van der Waals surface area (Å²) >= 11 is 5.76. The Hall–Kier alpha value is -2.69. The predicted octanol–water partition coefficient (Wildman–Crippen LogP) is 1.79. The van der Waals surface area contributed by atoms with Gasteiger partial charge in [0.2, 0.25) is 15.9 Å². The molecule has 2 aromatic rings. The molecule has 3 N–H and O–H groups in total. The molecule has 2 heterocycles. The number of pyridine rings is 1. The molecule has 1 aliphatic rings. The van der Waals surface area contributed by atoms with Crippen LogP contribution in [0, 0.1) is 0 Å². The Balaban J connectivity index is 1.72. The fourth-order valence-corrected chi connectivity index (χ4v) is 3.95. The maximum absolute atomic E-state index is 12.6. The molecule has 28 heavy (non-hydrogen) atoms. The second kappa shape index (κ2) is 7.38. The highest BCUT2D eigenvalue weighted by Crippen LogP contribution is 2.23. The van der Waals surface area contributed by atoms with E-state index in [0.29, 0.717) is 16.7 Å². The summed E-state index contributed by atoms with van der Waals surface area (Å²) in [5.41, 5.74) is -1.40. The SMILES string of the molecule is C[C@@H](NS(=O)(=O)c1ccc(Oc2ccc(Cl)cn2)cc1)[C@@]1(C)NC(=O)NC1=O. The number of benzene rings is 1. The van der Waals surface area contributed by atoms with E-state index in [1.54, 1.807) is 12.1 Å². The Labute approximate surface area is 166 Å². The average molecular weight is 425 g/mol. The van der Waals surface area contributed by atoms with Gasteiger partial charge in [-0.3, -0.25) is 10.1 Å². The lowest BCUT2D eigenvalue weighted by molar-refractivity contribution is -0.124. The maximum Gasteiger partial charge on any atom is 0.322 e. The number of aromatic nitrogens is 1. The molecule has 0 radical (unpaired) electrons. The number of rotatable bonds is 6. The van der Waals surface area contributed by atoms with Crippen molar-refractivity contribution in [2.24, 2.45) is 0 Å². The number of sulfonamides is 1. The predicted molar refractivity (Wildman–Crippen MR) is 101 cm³/mol. The molecule has 0 bridgehead atoms. The van der Waals surface area contributed by atoms with Crippen LogP contribution in [0.4, 0.5) is 4.79 Å². The maximum atomic E-state index is 12.6. The van der Waals surface area contributed by atoms with E-state index in [1.165, 1.54) is 44.3 Å². The van der Waals surface area contributed by atoms with Crippen LogP contribution in [0.25, 0.3) is 0 Å². The minimum absolute atomic E-state index is 0.0240. The van der Waals surface area contributed by atoms with Crippen LogP contribution in [0.2, 0.25) is 5.02 Å². The summed E-state index contributed by atoms with van der Waals surface area (Å²) < 4.78 is 33.2. The second-order valence-electron chi connectivity index (χ2n) is 6.34. The molecule has 1 aromatic carbocycles. The van der Waals surface area contributed by atoms with Crippen molar-refractivity contribution in [2.45, 2.75) is 30.3 Å². The highest BCUT2D eigenvalue weighted by atomic mass is 35.5. The van der Waals surface area contributed by atoms with Gasteiger partial charge < -0.3 is 10.1 Å². The van der Waals surface area contributed by atoms with Gasteiger partial charge in [-0.1, -0.05) is 11.6 Å². The number of amides is 3. The van der Waals surface area contributed by atoms with Gasteiger partial charge >= 0.3 is 6.03 Å². The molecule has 3 rings (SSSR count). The number of hydrogen-bond acceptors (Lipinski definition) is 6. The van der Waals surface area contributed by atoms with Crippen molar-refractivity contribution in [2.75, 3.05) is 0 Å². The number of carbonyl (C=O) groups is 2. The summed E-state index contributed by atoms with van der Waals surface area (Å²) in [6.45, 7) is 2.93. The summed E-state index contributed by atoms with van der Waals surface area (Å²) in [5.74, 6) is 0.0887. The summed E-state index contributed by atoms with van der Waals surface area (Å²) in [4.78, 5) is 27.3. The van der Waals surface area contributed by atoms with Crippen molar-refractivity contribution in [1.82, 2.24) is 20.3 Å². The molecule has 0 unspecified atom stereocenters. The number of nitrogens with zero attached hydrogens (tertiary/aromatic N) is 1. The molecular weight excluding hydrogens is 408 g/mol. The largest absolute Gasteiger partial charge is 0.439 e. The molecule has 1 fully saturated rings. The number of urea groups is 1. The van der Waals surface area contributed by atoms with Gasteiger partial charge in [0.05, 0.1) is 16.0 Å². The van der Waals surface area contributed by atoms with E-state index < -0.39 is 33.5 Å². The number of imide groups is 1. The fraction of sp³-hybridized carbons (Fsp3) is 0.235. The number of ether oxygens (including phenoxy) is 1. The molecule has 148 valence electrons. The number of carbonyl (C=O) groups excluding carboxylic acids is 2. The zero-order chi connectivity index (χ0) is 20.5. The van der Waals surface area contributed by atoms with Gasteiger partial charge in [-0.05, 0) is 44.2 Å². The third-order valence-electron chi connectivity index (χ3n) is 4.33. The standard InChI is InChI=1S/C17H17ClN4O5S/c1-10(17(2)15(23)20-16(24)21-17)22-28(25,26)13-6-4-12(5-7-13)27-14-8-3-11(18)9-19-14/h3-10,22H,1-2H3,(H2,20,21,23,24)/t10-,17-/m1/s1. The van der Waals surface area contributed by atoms with Crippen molar-refractivity contribution in [3.05, 3.63) is 47.6 Å². The Morgan fingerprint density at radius 1 is 1.18 bits per heavy atom. The quantitative estimate of drug-likeness (QED) is 0.607. The van der Waals surface area contributed by atoms with E-state index >= 15 is 0 Å². The Morgan fingerprint density at radius 3 is 2.39 bits per heavy atom. The van der Waals surface area contributed by atoms with Crippen LogP contribution in [-0.4, -0.2) is 36.9 Å². The lowest BCUT2D eigenvalue weighted by Crippen LogP contribution is -2.59. The average Bonchev–Trinajstić information content (AvgIpc) is 2.90. The summed E-state index contributed by atoms with van der Waals surface area (Å²) in [5, 5.41) is 4.99. The van der Waals surface area contributed by atoms with E-state index in [9.17, 15) is 18.0 Å². The lowest BCUT2D eigenvalue weighted by Gasteiger charge is -2.28. The molecule has 9 nitrogen and oxygen atoms in total. The fourth-order valence-electron chi connectivity index (χ4n) is 2.51. The molecule has 0 saturated carbocycles. The molecule has 0 spiro atoms. The van der Waals surface area contributed by atoms with Gasteiger partial charge in [0.15, 0.2) is 0 Å². The van der Waals surface area contributed by atoms with Crippen molar-refractivity contribution >= 4 is 33.6 Å². The van der Waals surface area contributed by atoms with Gasteiger partial charge in [-0.2, -0.15) is 0 Å².